The maximum Gasteiger partial charge on any atom is 0.267 e. The van der Waals surface area contributed by atoms with Gasteiger partial charge in [-0.2, -0.15) is 0 Å². The van der Waals surface area contributed by atoms with E-state index in [1.807, 2.05) is 20.8 Å². The molecular weight excluding hydrogens is 387 g/mol. The van der Waals surface area contributed by atoms with Crippen LogP contribution in [0.1, 0.15) is 39.7 Å². The molecule has 0 saturated heterocycles. The summed E-state index contributed by atoms with van der Waals surface area (Å²) in [4.78, 5) is 16.2. The molecule has 2 aromatic heterocycles. The summed E-state index contributed by atoms with van der Waals surface area (Å²) in [5.41, 5.74) is 8.16. The number of amides is 1. The van der Waals surface area contributed by atoms with Gasteiger partial charge in [0, 0.05) is 40.9 Å². The molecule has 4 N–H and O–H groups in total. The molecule has 0 saturated carbocycles. The molecule has 3 aromatic rings. The van der Waals surface area contributed by atoms with Crippen molar-refractivity contribution in [1.82, 2.24) is 9.55 Å². The van der Waals surface area contributed by atoms with Crippen LogP contribution in [0.3, 0.4) is 0 Å². The first-order valence-corrected chi connectivity index (χ1v) is 9.83. The molecule has 30 heavy (non-hydrogen) atoms. The van der Waals surface area contributed by atoms with Gasteiger partial charge in [-0.25, -0.2) is 4.39 Å². The summed E-state index contributed by atoms with van der Waals surface area (Å²) < 4.78 is 21.1. The second-order valence-electron chi connectivity index (χ2n) is 6.05. The highest BCUT2D eigenvalue weighted by Crippen LogP contribution is 2.33. The van der Waals surface area contributed by atoms with Gasteiger partial charge in [-0.05, 0) is 37.6 Å². The zero-order valence-electron chi connectivity index (χ0n) is 18.2. The number of nitrogens with zero attached hydrogens (tertiary/aromatic N) is 2. The van der Waals surface area contributed by atoms with Crippen LogP contribution in [-0.2, 0) is 11.3 Å². The molecule has 7 nitrogen and oxygen atoms in total. The number of pyridine rings is 1. The number of methoxy groups -OCH3 is 1. The molecule has 3 rings (SSSR count). The van der Waals surface area contributed by atoms with E-state index in [9.17, 15) is 9.18 Å². The molecule has 0 aliphatic heterocycles. The van der Waals surface area contributed by atoms with Crippen molar-refractivity contribution in [3.8, 4) is 0 Å². The van der Waals surface area contributed by atoms with Crippen LogP contribution in [0.5, 0.6) is 0 Å². The Morgan fingerprint density at radius 1 is 1.37 bits per heavy atom. The topological polar surface area (TPSA) is 102 Å². The van der Waals surface area contributed by atoms with Gasteiger partial charge in [0.15, 0.2) is 0 Å². The number of aryl methyl sites for hydroxylation is 1. The van der Waals surface area contributed by atoms with Crippen LogP contribution >= 0.6 is 0 Å². The fourth-order valence-electron chi connectivity index (χ4n) is 2.85. The molecule has 168 valence electrons. The molecule has 0 fully saturated rings. The third-order valence-electron chi connectivity index (χ3n) is 4.00. The molecule has 0 unspecified atom stereocenters. The van der Waals surface area contributed by atoms with E-state index in [1.54, 1.807) is 49.2 Å². The highest BCUT2D eigenvalue weighted by Gasteiger charge is 2.22. The van der Waals surface area contributed by atoms with E-state index in [4.69, 9.17) is 15.6 Å². The summed E-state index contributed by atoms with van der Waals surface area (Å²) >= 11 is 0. The second-order valence-corrected chi connectivity index (χ2v) is 6.05. The lowest BCUT2D eigenvalue weighted by Gasteiger charge is -2.11. The summed E-state index contributed by atoms with van der Waals surface area (Å²) in [7, 11) is 1.58. The summed E-state index contributed by atoms with van der Waals surface area (Å²) in [6.45, 7) is 8.58. The first-order valence-electron chi connectivity index (χ1n) is 9.83. The third-order valence-corrected chi connectivity index (χ3v) is 4.00. The van der Waals surface area contributed by atoms with E-state index in [2.05, 4.69) is 10.3 Å². The first-order chi connectivity index (χ1) is 14.4. The van der Waals surface area contributed by atoms with Gasteiger partial charge in [0.2, 0.25) is 0 Å². The second kappa shape index (κ2) is 12.6. The third kappa shape index (κ3) is 6.01. The minimum atomic E-state index is -0.609. The Balaban J connectivity index is 0. The van der Waals surface area contributed by atoms with E-state index in [0.717, 1.165) is 11.1 Å². The molecule has 1 aromatic carbocycles. The average Bonchev–Trinajstić information content (AvgIpc) is 3.04. The Kier molecular flexibility index (Phi) is 10.5. The number of rotatable bonds is 6. The van der Waals surface area contributed by atoms with Gasteiger partial charge < -0.3 is 25.5 Å². The van der Waals surface area contributed by atoms with Crippen molar-refractivity contribution in [2.45, 2.75) is 34.2 Å². The molecular formula is C22H35FN4O3. The smallest absolute Gasteiger partial charge is 0.267 e. The number of hydrogen-bond donors (Lipinski definition) is 3. The van der Waals surface area contributed by atoms with Crippen molar-refractivity contribution >= 4 is 28.2 Å². The number of hydrogen-bond acceptors (Lipinski definition) is 5. The molecule has 0 aliphatic rings. The van der Waals surface area contributed by atoms with Crippen LogP contribution in [0, 0.1) is 12.7 Å². The predicted octanol–water partition coefficient (Wildman–Crippen LogP) is 4.49. The van der Waals surface area contributed by atoms with Gasteiger partial charge in [0.25, 0.3) is 5.91 Å². The molecule has 2 heterocycles. The van der Waals surface area contributed by atoms with Crippen molar-refractivity contribution in [3.63, 3.8) is 0 Å². The lowest BCUT2D eigenvalue weighted by molar-refractivity contribution is 0.0990. The number of carbonyl (C=O) groups excluding carboxylic acids is 1. The number of primary amides is 1. The number of aliphatic hydroxyl groups excluding tert-OH is 1. The fourth-order valence-corrected chi connectivity index (χ4v) is 2.85. The van der Waals surface area contributed by atoms with Crippen LogP contribution in [0.25, 0.3) is 10.9 Å². The number of carbonyl (C=O) groups is 1. The molecule has 0 spiro atoms. The van der Waals surface area contributed by atoms with E-state index in [-0.39, 0.29) is 20.8 Å². The lowest BCUT2D eigenvalue weighted by atomic mass is 10.2. The van der Waals surface area contributed by atoms with Crippen LogP contribution in [0.4, 0.5) is 15.8 Å². The van der Waals surface area contributed by atoms with E-state index in [1.165, 1.54) is 6.07 Å². The van der Waals surface area contributed by atoms with Crippen LogP contribution in [-0.4, -0.2) is 40.9 Å². The summed E-state index contributed by atoms with van der Waals surface area (Å²) in [5, 5.41) is 11.3. The monoisotopic (exact) mass is 422 g/mol. The maximum absolute atomic E-state index is 14.3. The van der Waals surface area contributed by atoms with Crippen molar-refractivity contribution in [3.05, 3.63) is 53.7 Å². The Morgan fingerprint density at radius 2 is 2.03 bits per heavy atom. The summed E-state index contributed by atoms with van der Waals surface area (Å²) in [5.74, 6) is -1.01. The lowest BCUT2D eigenvalue weighted by Crippen LogP contribution is -2.19. The van der Waals surface area contributed by atoms with Gasteiger partial charge in [0.05, 0.1) is 23.5 Å². The number of nitrogens with one attached hydrogen (secondary N) is 1. The number of nitrogens with two attached hydrogens (primary N) is 1. The van der Waals surface area contributed by atoms with Crippen molar-refractivity contribution in [2.75, 3.05) is 25.6 Å². The molecule has 1 amide bonds. The average molecular weight is 423 g/mol. The zero-order chi connectivity index (χ0) is 22.7. The Hall–Kier alpha value is -2.97. The van der Waals surface area contributed by atoms with Crippen LogP contribution < -0.4 is 11.1 Å². The molecule has 0 bridgehead atoms. The largest absolute Gasteiger partial charge is 0.397 e. The van der Waals surface area contributed by atoms with Gasteiger partial charge in [-0.15, -0.1) is 0 Å². The van der Waals surface area contributed by atoms with E-state index >= 15 is 0 Å². The molecule has 0 radical (unpaired) electrons. The van der Waals surface area contributed by atoms with Crippen molar-refractivity contribution < 1.29 is 21.9 Å². The van der Waals surface area contributed by atoms with Crippen molar-refractivity contribution in [1.29, 1.82) is 0 Å². The number of ether oxygens (including phenoxy) is 1. The quantitative estimate of drug-likeness (QED) is 0.543. The van der Waals surface area contributed by atoms with Gasteiger partial charge >= 0.3 is 0 Å². The molecule has 0 atom stereocenters. The predicted molar refractivity (Wildman–Crippen MR) is 123 cm³/mol. The SMILES string of the molecule is CC.CCO.COCCn1c(C(N)=O)c(Nc2ccc(C)cc2F)c2cnccc21.[HH].[HH]. The fraction of sp³-hybridized carbons (Fsp3) is 0.364. The first kappa shape index (κ1) is 25.1. The van der Waals surface area contributed by atoms with Crippen molar-refractivity contribution in [2.24, 2.45) is 5.73 Å². The number of aromatic nitrogens is 2. The van der Waals surface area contributed by atoms with Gasteiger partial charge in [-0.3, -0.25) is 9.78 Å². The number of aliphatic hydroxyl groups is 1. The molecule has 8 heteroatoms. The maximum atomic E-state index is 14.3. The number of halogens is 1. The van der Waals surface area contributed by atoms with Crippen LogP contribution in [0.15, 0.2) is 36.7 Å². The summed E-state index contributed by atoms with van der Waals surface area (Å²) in [6, 6.07) is 6.63. The zero-order valence-corrected chi connectivity index (χ0v) is 18.2. The highest BCUT2D eigenvalue weighted by molar-refractivity contribution is 6.09. The van der Waals surface area contributed by atoms with E-state index in [0.29, 0.717) is 24.2 Å². The van der Waals surface area contributed by atoms with Gasteiger partial charge in [-0.1, -0.05) is 19.9 Å². The Labute approximate surface area is 179 Å². The van der Waals surface area contributed by atoms with E-state index < -0.39 is 11.7 Å². The Morgan fingerprint density at radius 3 is 2.60 bits per heavy atom. The van der Waals surface area contributed by atoms with Gasteiger partial charge in [0.1, 0.15) is 11.5 Å². The minimum Gasteiger partial charge on any atom is -0.397 e. The van der Waals surface area contributed by atoms with Crippen LogP contribution in [0.2, 0.25) is 0 Å². The Bertz CT molecular complexity index is 968. The minimum absolute atomic E-state index is 0. The number of anilines is 2. The standard InChI is InChI=1S/C18H19FN4O2.C2H6O.C2H6.2H2/c1-11-3-4-14(13(19)9-11)22-16-12-10-21-6-5-15(12)23(7-8-25-2)17(16)18(20)24;1-2-3;1-2;;/h3-6,9-10,22H,7-8H2,1-2H3,(H2,20,24);3H,2H2,1H3;1-2H3;2*1H. The molecule has 0 aliphatic carbocycles. The summed E-state index contributed by atoms with van der Waals surface area (Å²) in [6.07, 6.45) is 3.26. The number of fused-ring (bicyclic) bond motifs is 1. The normalized spacial score (nSPS) is 9.97. The highest BCUT2D eigenvalue weighted by atomic mass is 19.1. The number of benzene rings is 1.